The summed E-state index contributed by atoms with van der Waals surface area (Å²) in [5.41, 5.74) is 1.29. The Morgan fingerprint density at radius 3 is 3.12 bits per heavy atom. The molecule has 2 unspecified atom stereocenters. The van der Waals surface area contributed by atoms with Crippen molar-refractivity contribution in [2.75, 3.05) is 19.7 Å². The van der Waals surface area contributed by atoms with E-state index in [1.165, 1.54) is 18.5 Å². The Balaban J connectivity index is 1.74. The van der Waals surface area contributed by atoms with E-state index in [0.29, 0.717) is 12.0 Å². The van der Waals surface area contributed by atoms with Gasteiger partial charge in [0.25, 0.3) is 0 Å². The van der Waals surface area contributed by atoms with Crippen molar-refractivity contribution in [3.8, 4) is 0 Å². The second-order valence-corrected chi connectivity index (χ2v) is 5.10. The van der Waals surface area contributed by atoms with Crippen LogP contribution in [0.2, 0.25) is 0 Å². The number of hydrogen-bond donors (Lipinski definition) is 1. The quantitative estimate of drug-likeness (QED) is 0.847. The van der Waals surface area contributed by atoms with Gasteiger partial charge in [-0.25, -0.2) is 4.98 Å². The molecule has 2 aliphatic rings. The van der Waals surface area contributed by atoms with Crippen LogP contribution in [0.4, 0.5) is 0 Å². The zero-order chi connectivity index (χ0) is 11.7. The van der Waals surface area contributed by atoms with E-state index in [1.54, 1.807) is 0 Å². The zero-order valence-corrected chi connectivity index (χ0v) is 10.4. The predicted molar refractivity (Wildman–Crippen MR) is 65.8 cm³/mol. The molecule has 1 aromatic rings. The molecule has 1 saturated carbocycles. The summed E-state index contributed by atoms with van der Waals surface area (Å²) in [5, 5.41) is 3.44. The molecule has 2 atom stereocenters. The molecule has 1 N–H and O–H groups in total. The van der Waals surface area contributed by atoms with Gasteiger partial charge in [0, 0.05) is 25.1 Å². The summed E-state index contributed by atoms with van der Waals surface area (Å²) in [7, 11) is 0. The van der Waals surface area contributed by atoms with Crippen LogP contribution in [0.25, 0.3) is 0 Å². The third-order valence-corrected chi connectivity index (χ3v) is 3.80. The second-order valence-electron chi connectivity index (χ2n) is 5.10. The molecule has 0 amide bonds. The van der Waals surface area contributed by atoms with Crippen molar-refractivity contribution < 1.29 is 4.74 Å². The van der Waals surface area contributed by atoms with E-state index < -0.39 is 0 Å². The van der Waals surface area contributed by atoms with Gasteiger partial charge in [-0.2, -0.15) is 0 Å². The molecule has 1 aromatic heterocycles. The van der Waals surface area contributed by atoms with Crippen LogP contribution in [0.1, 0.15) is 44.0 Å². The molecule has 17 heavy (non-hydrogen) atoms. The van der Waals surface area contributed by atoms with E-state index in [1.807, 2.05) is 12.5 Å². The fraction of sp³-hybridized carbons (Fsp3) is 0.769. The number of nitrogens with one attached hydrogen (secondary N) is 1. The summed E-state index contributed by atoms with van der Waals surface area (Å²) in [4.78, 5) is 4.31. The van der Waals surface area contributed by atoms with Crippen LogP contribution in [-0.2, 0) is 4.74 Å². The summed E-state index contributed by atoms with van der Waals surface area (Å²) in [5.74, 6) is 0.601. The monoisotopic (exact) mass is 235 g/mol. The standard InChI is InChI=1S/C13H21N3O/c1-2-14-7-10-5-6-17-13(10)12-8-15-9-16(12)11-3-4-11/h8-11,13-14H,2-7H2,1H3. The molecule has 94 valence electrons. The Hall–Kier alpha value is -0.870. The van der Waals surface area contributed by atoms with E-state index in [-0.39, 0.29) is 6.10 Å². The first-order chi connectivity index (χ1) is 8.40. The topological polar surface area (TPSA) is 39.1 Å². The molecule has 2 heterocycles. The van der Waals surface area contributed by atoms with Crippen molar-refractivity contribution in [2.24, 2.45) is 5.92 Å². The Kier molecular flexibility index (Phi) is 3.16. The Labute approximate surface area is 102 Å². The van der Waals surface area contributed by atoms with Crippen molar-refractivity contribution in [3.63, 3.8) is 0 Å². The lowest BCUT2D eigenvalue weighted by atomic mass is 9.99. The smallest absolute Gasteiger partial charge is 0.103 e. The van der Waals surface area contributed by atoms with E-state index in [2.05, 4.69) is 21.8 Å². The summed E-state index contributed by atoms with van der Waals surface area (Å²) >= 11 is 0. The van der Waals surface area contributed by atoms with E-state index in [9.17, 15) is 0 Å². The van der Waals surface area contributed by atoms with Crippen LogP contribution in [0.15, 0.2) is 12.5 Å². The number of hydrogen-bond acceptors (Lipinski definition) is 3. The van der Waals surface area contributed by atoms with Crippen molar-refractivity contribution in [3.05, 3.63) is 18.2 Å². The minimum absolute atomic E-state index is 0.247. The highest BCUT2D eigenvalue weighted by Crippen LogP contribution is 2.41. The molecule has 4 nitrogen and oxygen atoms in total. The number of ether oxygens (including phenoxy) is 1. The largest absolute Gasteiger partial charge is 0.372 e. The summed E-state index contributed by atoms with van der Waals surface area (Å²) in [6.07, 6.45) is 7.97. The molecular weight excluding hydrogens is 214 g/mol. The van der Waals surface area contributed by atoms with Gasteiger partial charge in [0.05, 0.1) is 18.2 Å². The normalized spacial score (nSPS) is 28.8. The van der Waals surface area contributed by atoms with Crippen LogP contribution in [0, 0.1) is 5.92 Å². The Morgan fingerprint density at radius 2 is 2.35 bits per heavy atom. The molecule has 3 rings (SSSR count). The minimum Gasteiger partial charge on any atom is -0.372 e. The fourth-order valence-corrected chi connectivity index (χ4v) is 2.69. The molecule has 4 heteroatoms. The van der Waals surface area contributed by atoms with Gasteiger partial charge in [-0.1, -0.05) is 6.92 Å². The SMILES string of the molecule is CCNCC1CCOC1c1cncn1C1CC1. The van der Waals surface area contributed by atoms with Crippen molar-refractivity contribution >= 4 is 0 Å². The maximum Gasteiger partial charge on any atom is 0.103 e. The molecule has 0 radical (unpaired) electrons. The van der Waals surface area contributed by atoms with Gasteiger partial charge in [0.15, 0.2) is 0 Å². The van der Waals surface area contributed by atoms with Gasteiger partial charge >= 0.3 is 0 Å². The van der Waals surface area contributed by atoms with Crippen molar-refractivity contribution in [1.29, 1.82) is 0 Å². The Bertz CT molecular complexity index is 372. The molecular formula is C13H21N3O. The molecule has 2 fully saturated rings. The van der Waals surface area contributed by atoms with E-state index in [0.717, 1.165) is 26.1 Å². The average molecular weight is 235 g/mol. The van der Waals surface area contributed by atoms with Gasteiger partial charge in [0.2, 0.25) is 0 Å². The third-order valence-electron chi connectivity index (χ3n) is 3.80. The second kappa shape index (κ2) is 4.78. The molecule has 1 aliphatic heterocycles. The molecule has 1 saturated heterocycles. The van der Waals surface area contributed by atoms with Crippen LogP contribution in [0.3, 0.4) is 0 Å². The van der Waals surface area contributed by atoms with Crippen LogP contribution in [-0.4, -0.2) is 29.2 Å². The number of nitrogens with zero attached hydrogens (tertiary/aromatic N) is 2. The van der Waals surface area contributed by atoms with Gasteiger partial charge in [0.1, 0.15) is 6.10 Å². The first-order valence-corrected chi connectivity index (χ1v) is 6.74. The van der Waals surface area contributed by atoms with Gasteiger partial charge in [-0.05, 0) is 25.8 Å². The number of rotatable bonds is 5. The lowest BCUT2D eigenvalue weighted by molar-refractivity contribution is 0.0840. The zero-order valence-electron chi connectivity index (χ0n) is 10.4. The molecule has 0 bridgehead atoms. The average Bonchev–Trinajstić information content (AvgIpc) is 2.91. The Morgan fingerprint density at radius 1 is 1.47 bits per heavy atom. The number of aromatic nitrogens is 2. The highest BCUT2D eigenvalue weighted by Gasteiger charge is 2.34. The van der Waals surface area contributed by atoms with Crippen LogP contribution < -0.4 is 5.32 Å². The van der Waals surface area contributed by atoms with Gasteiger partial charge in [-0.3, -0.25) is 0 Å². The highest BCUT2D eigenvalue weighted by atomic mass is 16.5. The lowest BCUT2D eigenvalue weighted by Gasteiger charge is -2.20. The maximum absolute atomic E-state index is 5.92. The maximum atomic E-state index is 5.92. The highest BCUT2D eigenvalue weighted by molar-refractivity contribution is 5.10. The summed E-state index contributed by atoms with van der Waals surface area (Å²) in [6, 6.07) is 0.691. The van der Waals surface area contributed by atoms with Gasteiger partial charge < -0.3 is 14.6 Å². The number of imidazole rings is 1. The van der Waals surface area contributed by atoms with E-state index >= 15 is 0 Å². The van der Waals surface area contributed by atoms with Crippen LogP contribution in [0.5, 0.6) is 0 Å². The van der Waals surface area contributed by atoms with Crippen molar-refractivity contribution in [1.82, 2.24) is 14.9 Å². The predicted octanol–water partition coefficient (Wildman–Crippen LogP) is 1.91. The lowest BCUT2D eigenvalue weighted by Crippen LogP contribution is -2.25. The van der Waals surface area contributed by atoms with Crippen LogP contribution >= 0.6 is 0 Å². The van der Waals surface area contributed by atoms with Crippen molar-refractivity contribution in [2.45, 2.75) is 38.3 Å². The first-order valence-electron chi connectivity index (χ1n) is 6.74. The minimum atomic E-state index is 0.247. The molecule has 0 spiro atoms. The van der Waals surface area contributed by atoms with E-state index in [4.69, 9.17) is 4.74 Å². The fourth-order valence-electron chi connectivity index (χ4n) is 2.69. The van der Waals surface area contributed by atoms with Gasteiger partial charge in [-0.15, -0.1) is 0 Å². The first kappa shape index (κ1) is 11.2. The third kappa shape index (κ3) is 2.24. The molecule has 0 aromatic carbocycles. The summed E-state index contributed by atoms with van der Waals surface area (Å²) < 4.78 is 8.25. The molecule has 1 aliphatic carbocycles. The summed E-state index contributed by atoms with van der Waals surface area (Å²) in [6.45, 7) is 5.12.